The Balaban J connectivity index is 0.000000362. The third kappa shape index (κ3) is 9.42. The van der Waals surface area contributed by atoms with Gasteiger partial charge in [-0.3, -0.25) is 9.88 Å². The molecule has 0 fully saturated rings. The van der Waals surface area contributed by atoms with E-state index in [1.54, 1.807) is 12.4 Å². The zero-order valence-electron chi connectivity index (χ0n) is 18.8. The maximum atomic E-state index is 10.6. The molecule has 0 radical (unpaired) electrons. The molecule has 15 heteroatoms. The average molecular weight is 514 g/mol. The molecule has 1 atom stereocenters. The highest BCUT2D eigenvalue weighted by atomic mass is 19.4. The van der Waals surface area contributed by atoms with Gasteiger partial charge in [-0.15, -0.1) is 0 Å². The second-order valence-electron chi connectivity index (χ2n) is 7.35. The molecular weight excluding hydrogens is 490 g/mol. The molecular formula is C20H24F6N4O5. The Morgan fingerprint density at radius 2 is 1.63 bits per heavy atom. The number of ether oxygens (including phenoxy) is 1. The third-order valence-corrected chi connectivity index (χ3v) is 4.59. The first-order chi connectivity index (χ1) is 16.1. The van der Waals surface area contributed by atoms with E-state index in [-0.39, 0.29) is 0 Å². The Labute approximate surface area is 196 Å². The summed E-state index contributed by atoms with van der Waals surface area (Å²) >= 11 is 0. The molecule has 2 aromatic rings. The van der Waals surface area contributed by atoms with Crippen LogP contribution in [0.4, 0.5) is 26.3 Å². The zero-order chi connectivity index (χ0) is 27.0. The van der Waals surface area contributed by atoms with Gasteiger partial charge in [0, 0.05) is 25.3 Å². The lowest BCUT2D eigenvalue weighted by Crippen LogP contribution is -2.41. The zero-order valence-corrected chi connectivity index (χ0v) is 18.8. The third-order valence-electron chi connectivity index (χ3n) is 4.59. The molecule has 0 aromatic carbocycles. The topological polar surface area (TPSA) is 118 Å². The van der Waals surface area contributed by atoms with E-state index in [1.165, 1.54) is 0 Å². The van der Waals surface area contributed by atoms with Gasteiger partial charge in [-0.2, -0.15) is 26.3 Å². The molecule has 2 aromatic heterocycles. The molecule has 35 heavy (non-hydrogen) atoms. The van der Waals surface area contributed by atoms with Crippen molar-refractivity contribution in [3.63, 3.8) is 0 Å². The minimum absolute atomic E-state index is 0.353. The van der Waals surface area contributed by atoms with E-state index < -0.39 is 24.3 Å². The van der Waals surface area contributed by atoms with Gasteiger partial charge in [0.15, 0.2) is 0 Å². The van der Waals surface area contributed by atoms with Crippen LogP contribution in [-0.2, 0) is 22.7 Å². The summed E-state index contributed by atoms with van der Waals surface area (Å²) in [5.74, 6) is -3.58. The summed E-state index contributed by atoms with van der Waals surface area (Å²) in [6.45, 7) is 9.27. The van der Waals surface area contributed by atoms with Gasteiger partial charge in [-0.1, -0.05) is 0 Å². The lowest BCUT2D eigenvalue weighted by atomic mass is 10.1. The number of pyridine rings is 1. The van der Waals surface area contributed by atoms with Crippen LogP contribution in [0.3, 0.4) is 0 Å². The number of carboxylic acid groups (broad SMARTS) is 2. The maximum absolute atomic E-state index is 10.6. The standard InChI is InChI=1S/C16H22N4O.2C2HF3O2/c1-12(2)19-7-8-20-14(9-18-16(20)13(19)3)11-21-15-5-4-6-17-10-15;2*3-2(4,5)1(6)7/h4-6,9-10,12-13H,7-8,11H2,1-3H3;2*(H,6,7). The van der Waals surface area contributed by atoms with Crippen LogP contribution in [0, 0.1) is 0 Å². The van der Waals surface area contributed by atoms with Gasteiger partial charge in [0.05, 0.1) is 24.1 Å². The van der Waals surface area contributed by atoms with Crippen molar-refractivity contribution in [1.29, 1.82) is 0 Å². The quantitative estimate of drug-likeness (QED) is 0.590. The van der Waals surface area contributed by atoms with Crippen molar-refractivity contribution >= 4 is 11.9 Å². The van der Waals surface area contributed by atoms with Crippen LogP contribution in [0.2, 0.25) is 0 Å². The fraction of sp³-hybridized carbons (Fsp3) is 0.500. The number of nitrogens with zero attached hydrogens (tertiary/aromatic N) is 4. The minimum atomic E-state index is -5.08. The van der Waals surface area contributed by atoms with E-state index in [1.807, 2.05) is 18.3 Å². The van der Waals surface area contributed by atoms with Crippen LogP contribution in [0.15, 0.2) is 30.7 Å². The molecule has 0 aliphatic carbocycles. The molecule has 0 spiro atoms. The number of aromatic nitrogens is 3. The van der Waals surface area contributed by atoms with E-state index >= 15 is 0 Å². The minimum Gasteiger partial charge on any atom is -0.486 e. The molecule has 3 heterocycles. The smallest absolute Gasteiger partial charge is 0.486 e. The highest BCUT2D eigenvalue weighted by Crippen LogP contribution is 2.27. The summed E-state index contributed by atoms with van der Waals surface area (Å²) in [6.07, 6.45) is -4.75. The summed E-state index contributed by atoms with van der Waals surface area (Å²) in [6, 6.07) is 4.69. The molecule has 2 N–H and O–H groups in total. The number of alkyl halides is 6. The monoisotopic (exact) mass is 514 g/mol. The molecule has 1 aliphatic heterocycles. The van der Waals surface area contributed by atoms with Gasteiger partial charge in [-0.25, -0.2) is 14.6 Å². The highest BCUT2D eigenvalue weighted by Gasteiger charge is 2.38. The SMILES string of the molecule is CC(C)N1CCn2c(COc3cccnc3)cnc2C1C.O=C(O)C(F)(F)F.O=C(O)C(F)(F)F. The van der Waals surface area contributed by atoms with Gasteiger partial charge < -0.3 is 19.5 Å². The second kappa shape index (κ2) is 12.4. The van der Waals surface area contributed by atoms with Crippen molar-refractivity contribution in [2.45, 2.75) is 58.4 Å². The van der Waals surface area contributed by atoms with E-state index in [0.29, 0.717) is 18.7 Å². The number of carboxylic acids is 2. The second-order valence-corrected chi connectivity index (χ2v) is 7.35. The number of halogens is 6. The first kappa shape index (κ1) is 29.7. The molecule has 0 saturated carbocycles. The number of imidazole rings is 1. The lowest BCUT2D eigenvalue weighted by Gasteiger charge is -2.37. The van der Waals surface area contributed by atoms with E-state index in [2.05, 4.69) is 40.2 Å². The normalized spacial score (nSPS) is 15.8. The summed E-state index contributed by atoms with van der Waals surface area (Å²) in [7, 11) is 0. The molecule has 0 amide bonds. The number of fused-ring (bicyclic) bond motifs is 1. The largest absolute Gasteiger partial charge is 0.490 e. The first-order valence-corrected chi connectivity index (χ1v) is 9.98. The van der Waals surface area contributed by atoms with Gasteiger partial charge in [0.1, 0.15) is 18.2 Å². The molecule has 0 saturated heterocycles. The fourth-order valence-corrected chi connectivity index (χ4v) is 2.99. The molecule has 1 aliphatic rings. The number of hydrogen-bond donors (Lipinski definition) is 2. The van der Waals surface area contributed by atoms with E-state index in [4.69, 9.17) is 24.5 Å². The van der Waals surface area contributed by atoms with Crippen LogP contribution in [-0.4, -0.2) is 66.5 Å². The maximum Gasteiger partial charge on any atom is 0.490 e. The average Bonchev–Trinajstić information content (AvgIpc) is 3.16. The molecule has 1 unspecified atom stereocenters. The Kier molecular flexibility index (Phi) is 10.5. The van der Waals surface area contributed by atoms with Gasteiger partial charge in [-0.05, 0) is 32.9 Å². The van der Waals surface area contributed by atoms with Crippen molar-refractivity contribution in [1.82, 2.24) is 19.4 Å². The Hall–Kier alpha value is -3.36. The van der Waals surface area contributed by atoms with E-state index in [0.717, 1.165) is 30.4 Å². The molecule has 196 valence electrons. The predicted octanol–water partition coefficient (Wildman–Crippen LogP) is 3.91. The lowest BCUT2D eigenvalue weighted by molar-refractivity contribution is -0.193. The van der Waals surface area contributed by atoms with Crippen LogP contribution < -0.4 is 4.74 Å². The number of rotatable bonds is 4. The summed E-state index contributed by atoms with van der Waals surface area (Å²) < 4.78 is 71.6. The first-order valence-electron chi connectivity index (χ1n) is 9.98. The number of aliphatic carboxylic acids is 2. The van der Waals surface area contributed by atoms with Crippen molar-refractivity contribution in [3.05, 3.63) is 42.2 Å². The molecule has 9 nitrogen and oxygen atoms in total. The van der Waals surface area contributed by atoms with Crippen LogP contribution in [0.25, 0.3) is 0 Å². The van der Waals surface area contributed by atoms with Gasteiger partial charge in [0.2, 0.25) is 0 Å². The van der Waals surface area contributed by atoms with Gasteiger partial charge in [0.25, 0.3) is 0 Å². The summed E-state index contributed by atoms with van der Waals surface area (Å²) in [4.78, 5) is 28.9. The Morgan fingerprint density at radius 1 is 1.09 bits per heavy atom. The van der Waals surface area contributed by atoms with Crippen molar-refractivity contribution in [3.8, 4) is 5.75 Å². The predicted molar refractivity (Wildman–Crippen MR) is 108 cm³/mol. The number of hydrogen-bond acceptors (Lipinski definition) is 6. The van der Waals surface area contributed by atoms with Crippen LogP contribution in [0.1, 0.15) is 38.3 Å². The Morgan fingerprint density at radius 3 is 2.06 bits per heavy atom. The molecule has 0 bridgehead atoms. The summed E-state index contributed by atoms with van der Waals surface area (Å²) in [5, 5.41) is 14.2. The van der Waals surface area contributed by atoms with Gasteiger partial charge >= 0.3 is 24.3 Å². The van der Waals surface area contributed by atoms with Crippen molar-refractivity contribution in [2.75, 3.05) is 6.54 Å². The highest BCUT2D eigenvalue weighted by molar-refractivity contribution is 5.73. The van der Waals surface area contributed by atoms with Crippen LogP contribution in [0.5, 0.6) is 5.75 Å². The number of carbonyl (C=O) groups is 2. The summed E-state index contributed by atoms with van der Waals surface area (Å²) in [5.41, 5.74) is 1.13. The van der Waals surface area contributed by atoms with Crippen molar-refractivity contribution in [2.24, 2.45) is 0 Å². The van der Waals surface area contributed by atoms with Crippen LogP contribution >= 0.6 is 0 Å². The van der Waals surface area contributed by atoms with Crippen molar-refractivity contribution < 1.29 is 50.9 Å². The Bertz CT molecular complexity index is 939. The molecule has 3 rings (SSSR count). The van der Waals surface area contributed by atoms with E-state index in [9.17, 15) is 26.3 Å². The fourth-order valence-electron chi connectivity index (χ4n) is 2.99.